The van der Waals surface area contributed by atoms with Gasteiger partial charge in [-0.2, -0.15) is 0 Å². The van der Waals surface area contributed by atoms with Gasteiger partial charge >= 0.3 is 0 Å². The molecule has 6 nitrogen and oxygen atoms in total. The van der Waals surface area contributed by atoms with E-state index >= 15 is 0 Å². The van der Waals surface area contributed by atoms with Crippen LogP contribution in [0.1, 0.15) is 40.7 Å². The molecular formula is C28H33N3O3. The summed E-state index contributed by atoms with van der Waals surface area (Å²) in [6.07, 6.45) is 3.81. The number of likely N-dealkylation sites (tertiary alicyclic amines) is 1. The topological polar surface area (TPSA) is 53.1 Å². The summed E-state index contributed by atoms with van der Waals surface area (Å²) in [5.74, 6) is 0.579. The van der Waals surface area contributed by atoms with E-state index in [1.807, 2.05) is 17.0 Å². The van der Waals surface area contributed by atoms with Gasteiger partial charge in [0, 0.05) is 56.4 Å². The molecule has 1 spiro atoms. The number of fused-ring (bicyclic) bond motifs is 1. The molecule has 2 aromatic carbocycles. The van der Waals surface area contributed by atoms with Crippen molar-refractivity contribution in [1.82, 2.24) is 9.80 Å². The Hall–Kier alpha value is -2.86. The average Bonchev–Trinajstić information content (AvgIpc) is 3.61. The van der Waals surface area contributed by atoms with Crippen LogP contribution in [0.5, 0.6) is 0 Å². The molecule has 6 heteroatoms. The maximum atomic E-state index is 13.3. The summed E-state index contributed by atoms with van der Waals surface area (Å²) < 4.78 is 5.43. The van der Waals surface area contributed by atoms with Gasteiger partial charge in [-0.25, -0.2) is 0 Å². The first-order chi connectivity index (χ1) is 16.6. The lowest BCUT2D eigenvalue weighted by molar-refractivity contribution is -0.134. The first-order valence-corrected chi connectivity index (χ1v) is 12.7. The molecule has 0 N–H and O–H groups in total. The van der Waals surface area contributed by atoms with Gasteiger partial charge in [-0.05, 0) is 66.5 Å². The monoisotopic (exact) mass is 459 g/mol. The lowest BCUT2D eigenvalue weighted by atomic mass is 9.89. The molecule has 178 valence electrons. The van der Waals surface area contributed by atoms with Crippen LogP contribution in [0.2, 0.25) is 0 Å². The minimum atomic E-state index is 0.111. The molecule has 1 atom stereocenters. The first-order valence-electron chi connectivity index (χ1n) is 12.7. The lowest BCUT2D eigenvalue weighted by Crippen LogP contribution is -2.42. The van der Waals surface area contributed by atoms with E-state index in [2.05, 4.69) is 46.2 Å². The molecule has 2 amide bonds. The number of carbonyl (C=O) groups excluding carboxylic acids is 2. The molecular weight excluding hydrogens is 426 g/mol. The van der Waals surface area contributed by atoms with Crippen LogP contribution >= 0.6 is 0 Å². The molecule has 4 aliphatic rings. The fraction of sp³-hybridized carbons (Fsp3) is 0.500. The predicted molar refractivity (Wildman–Crippen MR) is 131 cm³/mol. The van der Waals surface area contributed by atoms with Crippen LogP contribution < -0.4 is 4.90 Å². The average molecular weight is 460 g/mol. The van der Waals surface area contributed by atoms with Crippen LogP contribution in [0.4, 0.5) is 5.69 Å². The Bertz CT molecular complexity index is 1070. The Morgan fingerprint density at radius 3 is 2.26 bits per heavy atom. The van der Waals surface area contributed by atoms with Crippen LogP contribution in [0, 0.1) is 11.3 Å². The third-order valence-corrected chi connectivity index (χ3v) is 8.47. The molecule has 6 rings (SSSR count). The van der Waals surface area contributed by atoms with E-state index in [0.29, 0.717) is 5.91 Å². The maximum Gasteiger partial charge on any atom is 0.253 e. The summed E-state index contributed by atoms with van der Waals surface area (Å²) >= 11 is 0. The third kappa shape index (κ3) is 3.98. The Kier molecular flexibility index (Phi) is 5.56. The molecule has 0 aromatic heterocycles. The van der Waals surface area contributed by atoms with Crippen molar-refractivity contribution in [2.24, 2.45) is 11.3 Å². The van der Waals surface area contributed by atoms with Crippen molar-refractivity contribution in [3.05, 3.63) is 65.2 Å². The zero-order chi connectivity index (χ0) is 23.1. The quantitative estimate of drug-likeness (QED) is 0.707. The van der Waals surface area contributed by atoms with Gasteiger partial charge in [0.15, 0.2) is 0 Å². The van der Waals surface area contributed by atoms with E-state index in [4.69, 9.17) is 4.74 Å². The highest BCUT2D eigenvalue weighted by Crippen LogP contribution is 2.60. The van der Waals surface area contributed by atoms with Gasteiger partial charge in [0.1, 0.15) is 0 Å². The number of hydrogen-bond donors (Lipinski definition) is 0. The second-order valence-corrected chi connectivity index (χ2v) is 10.3. The molecule has 2 aromatic rings. The Labute approximate surface area is 201 Å². The fourth-order valence-corrected chi connectivity index (χ4v) is 6.13. The number of amides is 2. The normalized spacial score (nSPS) is 23.5. The number of piperidine rings is 1. The van der Waals surface area contributed by atoms with Crippen LogP contribution in [0.3, 0.4) is 0 Å². The number of morpholine rings is 1. The van der Waals surface area contributed by atoms with E-state index < -0.39 is 0 Å². The van der Waals surface area contributed by atoms with E-state index in [-0.39, 0.29) is 17.2 Å². The first kappa shape index (κ1) is 21.7. The molecule has 2 saturated heterocycles. The SMILES string of the molecule is O=C(c1ccc(N2CCOCC2)cc1)N1CCC2(CC1)CC2C(=O)N1CCc2ccccc2C1. The number of anilines is 1. The van der Waals surface area contributed by atoms with E-state index in [1.54, 1.807) is 0 Å². The summed E-state index contributed by atoms with van der Waals surface area (Å²) in [5.41, 5.74) is 4.68. The zero-order valence-electron chi connectivity index (χ0n) is 19.7. The highest BCUT2D eigenvalue weighted by atomic mass is 16.5. The molecule has 1 saturated carbocycles. The molecule has 34 heavy (non-hydrogen) atoms. The highest BCUT2D eigenvalue weighted by Gasteiger charge is 2.59. The number of benzene rings is 2. The number of hydrogen-bond acceptors (Lipinski definition) is 4. The van der Waals surface area contributed by atoms with Crippen molar-refractivity contribution in [3.63, 3.8) is 0 Å². The van der Waals surface area contributed by atoms with Gasteiger partial charge in [0.25, 0.3) is 5.91 Å². The molecule has 3 heterocycles. The van der Waals surface area contributed by atoms with Crippen LogP contribution in [-0.4, -0.2) is 67.6 Å². The second kappa shape index (κ2) is 8.73. The molecule has 0 radical (unpaired) electrons. The largest absolute Gasteiger partial charge is 0.378 e. The van der Waals surface area contributed by atoms with Gasteiger partial charge in [-0.1, -0.05) is 24.3 Å². The van der Waals surface area contributed by atoms with Gasteiger partial charge < -0.3 is 19.4 Å². The lowest BCUT2D eigenvalue weighted by Gasteiger charge is -2.34. The standard InChI is InChI=1S/C28H33N3O3/c32-26(22-5-7-24(8-6-22)29-15-17-34-18-16-29)30-13-10-28(11-14-30)19-25(28)27(33)31-12-9-21-3-1-2-4-23(21)20-31/h1-8,25H,9-20H2. The molecule has 0 bridgehead atoms. The number of carbonyl (C=O) groups is 2. The van der Waals surface area contributed by atoms with E-state index in [0.717, 1.165) is 89.4 Å². The maximum absolute atomic E-state index is 13.3. The van der Waals surface area contributed by atoms with Crippen molar-refractivity contribution in [3.8, 4) is 0 Å². The van der Waals surface area contributed by atoms with Crippen LogP contribution in [-0.2, 0) is 22.5 Å². The van der Waals surface area contributed by atoms with E-state index in [1.165, 1.54) is 11.1 Å². The molecule has 1 unspecified atom stereocenters. The van der Waals surface area contributed by atoms with Crippen molar-refractivity contribution in [2.75, 3.05) is 50.8 Å². The Balaban J connectivity index is 1.03. The Morgan fingerprint density at radius 2 is 1.53 bits per heavy atom. The summed E-state index contributed by atoms with van der Waals surface area (Å²) in [4.78, 5) is 32.7. The molecule has 1 aliphatic carbocycles. The number of ether oxygens (including phenoxy) is 1. The second-order valence-electron chi connectivity index (χ2n) is 10.3. The summed E-state index contributed by atoms with van der Waals surface area (Å²) in [6.45, 7) is 6.36. The minimum absolute atomic E-state index is 0.111. The minimum Gasteiger partial charge on any atom is -0.378 e. The number of rotatable bonds is 3. The molecule has 3 fully saturated rings. The fourth-order valence-electron chi connectivity index (χ4n) is 6.13. The number of nitrogens with zero attached hydrogens (tertiary/aromatic N) is 3. The zero-order valence-corrected chi connectivity index (χ0v) is 19.7. The highest BCUT2D eigenvalue weighted by molar-refractivity contribution is 5.94. The summed E-state index contributed by atoms with van der Waals surface area (Å²) in [7, 11) is 0. The van der Waals surface area contributed by atoms with Crippen LogP contribution in [0.15, 0.2) is 48.5 Å². The van der Waals surface area contributed by atoms with Crippen molar-refractivity contribution >= 4 is 17.5 Å². The predicted octanol–water partition coefficient (Wildman–Crippen LogP) is 3.35. The van der Waals surface area contributed by atoms with Crippen molar-refractivity contribution in [2.45, 2.75) is 32.2 Å². The van der Waals surface area contributed by atoms with Gasteiger partial charge in [-0.15, -0.1) is 0 Å². The van der Waals surface area contributed by atoms with Crippen molar-refractivity contribution in [1.29, 1.82) is 0 Å². The Morgan fingerprint density at radius 1 is 0.824 bits per heavy atom. The molecule has 3 aliphatic heterocycles. The van der Waals surface area contributed by atoms with E-state index in [9.17, 15) is 9.59 Å². The summed E-state index contributed by atoms with van der Waals surface area (Å²) in [6, 6.07) is 16.5. The van der Waals surface area contributed by atoms with Crippen molar-refractivity contribution < 1.29 is 14.3 Å². The van der Waals surface area contributed by atoms with Crippen LogP contribution in [0.25, 0.3) is 0 Å². The van der Waals surface area contributed by atoms with Gasteiger partial charge in [0.05, 0.1) is 13.2 Å². The third-order valence-electron chi connectivity index (χ3n) is 8.47. The summed E-state index contributed by atoms with van der Waals surface area (Å²) in [5, 5.41) is 0. The van der Waals surface area contributed by atoms with Gasteiger partial charge in [0.2, 0.25) is 5.91 Å². The smallest absolute Gasteiger partial charge is 0.253 e. The van der Waals surface area contributed by atoms with Gasteiger partial charge in [-0.3, -0.25) is 9.59 Å².